The van der Waals surface area contributed by atoms with E-state index in [0.717, 1.165) is 24.2 Å². The zero-order valence-electron chi connectivity index (χ0n) is 9.29. The van der Waals surface area contributed by atoms with Crippen molar-refractivity contribution in [3.05, 3.63) is 11.3 Å². The minimum absolute atomic E-state index is 0.705. The van der Waals surface area contributed by atoms with E-state index in [4.69, 9.17) is 5.73 Å². The van der Waals surface area contributed by atoms with Gasteiger partial charge in [-0.05, 0) is 49.9 Å². The van der Waals surface area contributed by atoms with Crippen LogP contribution in [-0.2, 0) is 12.8 Å². The van der Waals surface area contributed by atoms with Crippen LogP contribution in [0.2, 0.25) is 0 Å². The Morgan fingerprint density at radius 2 is 2.27 bits per heavy atom. The zero-order chi connectivity index (χ0) is 10.4. The second-order valence-electron chi connectivity index (χ2n) is 5.12. The van der Waals surface area contributed by atoms with Gasteiger partial charge in [0.05, 0.1) is 0 Å². The van der Waals surface area contributed by atoms with E-state index in [1.807, 2.05) is 0 Å². The Kier molecular flexibility index (Phi) is 2.01. The van der Waals surface area contributed by atoms with Crippen molar-refractivity contribution < 1.29 is 0 Å². The average molecular weight is 205 g/mol. The average Bonchev–Trinajstić information content (AvgIpc) is 3.07. The molecule has 82 valence electrons. The number of aromatic nitrogens is 2. The maximum Gasteiger partial charge on any atom is 0.148 e. The van der Waals surface area contributed by atoms with Gasteiger partial charge in [0.2, 0.25) is 0 Å². The molecule has 3 nitrogen and oxygen atoms in total. The molecule has 1 heterocycles. The molecule has 2 atom stereocenters. The molecule has 0 aromatic carbocycles. The monoisotopic (exact) mass is 205 g/mol. The first kappa shape index (κ1) is 9.25. The van der Waals surface area contributed by atoms with Crippen LogP contribution in [0.3, 0.4) is 0 Å². The number of nitrogens with one attached hydrogen (secondary N) is 1. The lowest BCUT2D eigenvalue weighted by atomic mass is 10.1. The molecule has 0 radical (unpaired) electrons. The van der Waals surface area contributed by atoms with E-state index in [-0.39, 0.29) is 0 Å². The number of hydrogen-bond acceptors (Lipinski definition) is 2. The summed E-state index contributed by atoms with van der Waals surface area (Å²) in [5, 5.41) is 7.21. The van der Waals surface area contributed by atoms with E-state index in [0.29, 0.717) is 5.82 Å². The van der Waals surface area contributed by atoms with Crippen LogP contribution in [0, 0.1) is 17.8 Å². The van der Waals surface area contributed by atoms with Crippen molar-refractivity contribution >= 4 is 5.82 Å². The Balaban J connectivity index is 1.66. The third-order valence-electron chi connectivity index (χ3n) is 4.01. The first-order chi connectivity index (χ1) is 7.29. The number of hydrogen-bond donors (Lipinski definition) is 2. The van der Waals surface area contributed by atoms with E-state index < -0.39 is 0 Å². The summed E-state index contributed by atoms with van der Waals surface area (Å²) < 4.78 is 0. The summed E-state index contributed by atoms with van der Waals surface area (Å²) in [4.78, 5) is 0. The van der Waals surface area contributed by atoms with Gasteiger partial charge in [-0.2, -0.15) is 5.10 Å². The minimum atomic E-state index is 0.705. The molecular formula is C12H19N3. The molecule has 3 heteroatoms. The zero-order valence-corrected chi connectivity index (χ0v) is 9.29. The fraction of sp³-hybridized carbons (Fsp3) is 0.750. The first-order valence-corrected chi connectivity index (χ1v) is 6.11. The van der Waals surface area contributed by atoms with Gasteiger partial charge in [-0.3, -0.25) is 5.10 Å². The summed E-state index contributed by atoms with van der Waals surface area (Å²) in [6.07, 6.45) is 6.57. The van der Waals surface area contributed by atoms with Crippen LogP contribution in [-0.4, -0.2) is 10.2 Å². The van der Waals surface area contributed by atoms with Gasteiger partial charge in [-0.1, -0.05) is 6.92 Å². The van der Waals surface area contributed by atoms with E-state index in [2.05, 4.69) is 17.1 Å². The van der Waals surface area contributed by atoms with Crippen molar-refractivity contribution in [2.24, 2.45) is 17.8 Å². The molecule has 1 aromatic heterocycles. The van der Waals surface area contributed by atoms with Gasteiger partial charge in [0, 0.05) is 11.3 Å². The summed E-state index contributed by atoms with van der Waals surface area (Å²) in [5.41, 5.74) is 8.35. The highest BCUT2D eigenvalue weighted by Crippen LogP contribution is 2.55. The number of aromatic amines is 1. The maximum atomic E-state index is 5.81. The number of nitrogens with zero attached hydrogens (tertiary/aromatic N) is 1. The first-order valence-electron chi connectivity index (χ1n) is 6.11. The summed E-state index contributed by atoms with van der Waals surface area (Å²) in [6.45, 7) is 2.15. The van der Waals surface area contributed by atoms with Gasteiger partial charge >= 0.3 is 0 Å². The van der Waals surface area contributed by atoms with E-state index in [9.17, 15) is 0 Å². The molecule has 3 N–H and O–H groups in total. The molecule has 2 fully saturated rings. The normalized spacial score (nSPS) is 29.4. The van der Waals surface area contributed by atoms with Gasteiger partial charge in [-0.25, -0.2) is 0 Å². The Hall–Kier alpha value is -0.990. The molecule has 2 aliphatic carbocycles. The van der Waals surface area contributed by atoms with Crippen LogP contribution < -0.4 is 5.73 Å². The van der Waals surface area contributed by atoms with Gasteiger partial charge in [0.25, 0.3) is 0 Å². The van der Waals surface area contributed by atoms with Crippen LogP contribution in [0.4, 0.5) is 5.82 Å². The van der Waals surface area contributed by atoms with Crippen molar-refractivity contribution in [3.8, 4) is 0 Å². The molecular weight excluding hydrogens is 186 g/mol. The van der Waals surface area contributed by atoms with Crippen LogP contribution in [0.25, 0.3) is 0 Å². The highest BCUT2D eigenvalue weighted by Gasteiger charge is 2.47. The Labute approximate surface area is 90.4 Å². The lowest BCUT2D eigenvalue weighted by molar-refractivity contribution is 0.618. The largest absolute Gasteiger partial charge is 0.382 e. The van der Waals surface area contributed by atoms with Crippen molar-refractivity contribution in [3.63, 3.8) is 0 Å². The maximum absolute atomic E-state index is 5.81. The number of anilines is 1. The van der Waals surface area contributed by atoms with Crippen LogP contribution in [0.15, 0.2) is 0 Å². The fourth-order valence-electron chi connectivity index (χ4n) is 2.85. The lowest BCUT2D eigenvalue weighted by Crippen LogP contribution is -1.97. The summed E-state index contributed by atoms with van der Waals surface area (Å²) in [7, 11) is 0. The predicted molar refractivity (Wildman–Crippen MR) is 60.4 cm³/mol. The number of rotatable bonds is 4. The minimum Gasteiger partial charge on any atom is -0.382 e. The van der Waals surface area contributed by atoms with Crippen molar-refractivity contribution in [1.82, 2.24) is 10.2 Å². The van der Waals surface area contributed by atoms with Gasteiger partial charge in [-0.15, -0.1) is 0 Å². The SMILES string of the molecule is CCc1c(N)n[nH]c1CC1CC1C1CC1. The summed E-state index contributed by atoms with van der Waals surface area (Å²) in [5.74, 6) is 3.72. The highest BCUT2D eigenvalue weighted by atomic mass is 15.2. The molecule has 2 saturated carbocycles. The highest BCUT2D eigenvalue weighted by molar-refractivity contribution is 5.42. The van der Waals surface area contributed by atoms with Gasteiger partial charge in [0.1, 0.15) is 5.82 Å². The second kappa shape index (κ2) is 3.26. The second-order valence-corrected chi connectivity index (χ2v) is 5.12. The Morgan fingerprint density at radius 3 is 2.93 bits per heavy atom. The smallest absolute Gasteiger partial charge is 0.148 e. The van der Waals surface area contributed by atoms with E-state index >= 15 is 0 Å². The van der Waals surface area contributed by atoms with Crippen molar-refractivity contribution in [1.29, 1.82) is 0 Å². The quantitative estimate of drug-likeness (QED) is 0.791. The Morgan fingerprint density at radius 1 is 1.47 bits per heavy atom. The molecule has 2 unspecified atom stereocenters. The standard InChI is InChI=1S/C12H19N3/c1-2-9-11(14-15-12(9)13)6-8-5-10(8)7-3-4-7/h7-8,10H,2-6H2,1H3,(H3,13,14,15). The van der Waals surface area contributed by atoms with Crippen molar-refractivity contribution in [2.45, 2.75) is 39.0 Å². The third-order valence-corrected chi connectivity index (χ3v) is 4.01. The molecule has 15 heavy (non-hydrogen) atoms. The Bertz CT molecular complexity index is 365. The molecule has 0 amide bonds. The predicted octanol–water partition coefficient (Wildman–Crippen LogP) is 2.14. The number of nitrogen functional groups attached to an aromatic ring is 1. The van der Waals surface area contributed by atoms with Gasteiger partial charge in [0.15, 0.2) is 0 Å². The van der Waals surface area contributed by atoms with Crippen LogP contribution in [0.5, 0.6) is 0 Å². The molecule has 1 aromatic rings. The third kappa shape index (κ3) is 1.64. The molecule has 0 spiro atoms. The molecule has 0 aliphatic heterocycles. The van der Waals surface area contributed by atoms with Gasteiger partial charge < -0.3 is 5.73 Å². The topological polar surface area (TPSA) is 54.7 Å². The molecule has 3 rings (SSSR count). The van der Waals surface area contributed by atoms with Crippen LogP contribution in [0.1, 0.15) is 37.4 Å². The van der Waals surface area contributed by atoms with Crippen molar-refractivity contribution in [2.75, 3.05) is 5.73 Å². The molecule has 0 saturated heterocycles. The van der Waals surface area contributed by atoms with Crippen LogP contribution >= 0.6 is 0 Å². The molecule has 2 aliphatic rings. The van der Waals surface area contributed by atoms with E-state index in [1.165, 1.54) is 36.9 Å². The number of nitrogens with two attached hydrogens (primary N) is 1. The lowest BCUT2D eigenvalue weighted by Gasteiger charge is -2.00. The number of H-pyrrole nitrogens is 1. The van der Waals surface area contributed by atoms with E-state index in [1.54, 1.807) is 0 Å². The summed E-state index contributed by atoms with van der Waals surface area (Å²) in [6, 6.07) is 0. The fourth-order valence-corrected chi connectivity index (χ4v) is 2.85. The summed E-state index contributed by atoms with van der Waals surface area (Å²) >= 11 is 0. The molecule has 0 bridgehead atoms.